The number of hydrogen-bond donors (Lipinski definition) is 0. The van der Waals surface area contributed by atoms with E-state index >= 15 is 0 Å². The Balaban J connectivity index is 2.19. The van der Waals surface area contributed by atoms with Crippen molar-refractivity contribution >= 4 is 0 Å². The van der Waals surface area contributed by atoms with Gasteiger partial charge in [0.2, 0.25) is 0 Å². The summed E-state index contributed by atoms with van der Waals surface area (Å²) in [6.45, 7) is 10.2. The summed E-state index contributed by atoms with van der Waals surface area (Å²) in [4.78, 5) is 0. The van der Waals surface area contributed by atoms with Gasteiger partial charge in [-0.15, -0.1) is 0 Å². The summed E-state index contributed by atoms with van der Waals surface area (Å²) < 4.78 is 0. The van der Waals surface area contributed by atoms with Gasteiger partial charge in [0.05, 0.1) is 0 Å². The number of hydrogen-bond acceptors (Lipinski definition) is 0. The van der Waals surface area contributed by atoms with E-state index in [1.807, 2.05) is 0 Å². The van der Waals surface area contributed by atoms with Crippen molar-refractivity contribution in [3.63, 3.8) is 0 Å². The average molecular weight is 222 g/mol. The first-order chi connectivity index (χ1) is 7.48. The molecule has 4 unspecified atom stereocenters. The topological polar surface area (TPSA) is 0 Å². The van der Waals surface area contributed by atoms with Crippen LogP contribution in [0.4, 0.5) is 0 Å². The zero-order chi connectivity index (χ0) is 11.8. The molecule has 0 heterocycles. The van der Waals surface area contributed by atoms with Crippen LogP contribution < -0.4 is 0 Å². The molecule has 0 radical (unpaired) electrons. The molecule has 16 heavy (non-hydrogen) atoms. The van der Waals surface area contributed by atoms with Crippen molar-refractivity contribution in [1.29, 1.82) is 0 Å². The lowest BCUT2D eigenvalue weighted by atomic mass is 9.49. The minimum Gasteiger partial charge on any atom is -0.0625 e. The van der Waals surface area contributed by atoms with Gasteiger partial charge < -0.3 is 0 Å². The van der Waals surface area contributed by atoms with Crippen LogP contribution in [0, 0.1) is 22.7 Å². The van der Waals surface area contributed by atoms with E-state index in [0.29, 0.717) is 10.8 Å². The minimum absolute atomic E-state index is 0.625. The summed E-state index contributed by atoms with van der Waals surface area (Å²) in [5.41, 5.74) is 1.25. The van der Waals surface area contributed by atoms with Gasteiger partial charge in [0.15, 0.2) is 0 Å². The third-order valence-corrected chi connectivity index (χ3v) is 6.27. The van der Waals surface area contributed by atoms with Gasteiger partial charge in [-0.25, -0.2) is 0 Å². The maximum absolute atomic E-state index is 2.61. The molecule has 0 aromatic carbocycles. The second-order valence-corrected chi connectivity index (χ2v) is 7.33. The molecule has 2 rings (SSSR count). The van der Waals surface area contributed by atoms with Gasteiger partial charge in [0.25, 0.3) is 0 Å². The Morgan fingerprint density at radius 1 is 0.875 bits per heavy atom. The highest BCUT2D eigenvalue weighted by Gasteiger charge is 2.49. The summed E-state index contributed by atoms with van der Waals surface area (Å²) in [5.74, 6) is 1.90. The molecule has 0 amide bonds. The lowest BCUT2D eigenvalue weighted by Gasteiger charge is -2.55. The maximum Gasteiger partial charge on any atom is -0.0246 e. The highest BCUT2D eigenvalue weighted by atomic mass is 14.5. The lowest BCUT2D eigenvalue weighted by Crippen LogP contribution is -2.46. The van der Waals surface area contributed by atoms with Crippen molar-refractivity contribution in [3.05, 3.63) is 0 Å². The molecule has 0 aliphatic heterocycles. The third kappa shape index (κ3) is 1.93. The van der Waals surface area contributed by atoms with Gasteiger partial charge in [0.1, 0.15) is 0 Å². The van der Waals surface area contributed by atoms with Crippen molar-refractivity contribution < 1.29 is 0 Å². The molecule has 0 nitrogen and oxygen atoms in total. The van der Waals surface area contributed by atoms with E-state index in [2.05, 4.69) is 27.7 Å². The zero-order valence-corrected chi connectivity index (χ0v) is 11.8. The standard InChI is InChI=1S/C16H30/c1-13-8-7-10-15(3,12-13)16(4)11-6-5-9-14(16)2/h13-14H,5-12H2,1-4H3. The third-order valence-electron chi connectivity index (χ3n) is 6.27. The molecule has 0 saturated heterocycles. The fourth-order valence-corrected chi connectivity index (χ4v) is 4.74. The second-order valence-electron chi connectivity index (χ2n) is 7.33. The SMILES string of the molecule is CC1CCCC(C)(C2(C)CCCCC2C)C1. The fourth-order valence-electron chi connectivity index (χ4n) is 4.74. The summed E-state index contributed by atoms with van der Waals surface area (Å²) in [6.07, 6.45) is 11.8. The van der Waals surface area contributed by atoms with Crippen molar-refractivity contribution in [1.82, 2.24) is 0 Å². The molecule has 0 aromatic heterocycles. The van der Waals surface area contributed by atoms with E-state index in [1.165, 1.54) is 51.4 Å². The summed E-state index contributed by atoms with van der Waals surface area (Å²) in [6, 6.07) is 0. The Morgan fingerprint density at radius 2 is 1.62 bits per heavy atom. The van der Waals surface area contributed by atoms with Crippen molar-refractivity contribution in [2.24, 2.45) is 22.7 Å². The molecule has 2 saturated carbocycles. The Hall–Kier alpha value is 0. The molecule has 0 aromatic rings. The fraction of sp³-hybridized carbons (Fsp3) is 1.00. The highest BCUT2D eigenvalue weighted by molar-refractivity contribution is 4.99. The van der Waals surface area contributed by atoms with Crippen molar-refractivity contribution in [2.75, 3.05) is 0 Å². The molecule has 0 bridgehead atoms. The molecule has 2 fully saturated rings. The van der Waals surface area contributed by atoms with Crippen LogP contribution in [0.15, 0.2) is 0 Å². The van der Waals surface area contributed by atoms with E-state index in [1.54, 1.807) is 0 Å². The van der Waals surface area contributed by atoms with Crippen molar-refractivity contribution in [2.45, 2.75) is 79.1 Å². The summed E-state index contributed by atoms with van der Waals surface area (Å²) in [5, 5.41) is 0. The van der Waals surface area contributed by atoms with Crippen LogP contribution in [0.25, 0.3) is 0 Å². The molecular formula is C16H30. The van der Waals surface area contributed by atoms with Crippen LogP contribution in [-0.2, 0) is 0 Å². The molecule has 2 aliphatic rings. The van der Waals surface area contributed by atoms with Crippen LogP contribution in [0.5, 0.6) is 0 Å². The van der Waals surface area contributed by atoms with E-state index in [9.17, 15) is 0 Å². The van der Waals surface area contributed by atoms with Crippen LogP contribution in [0.3, 0.4) is 0 Å². The molecule has 2 aliphatic carbocycles. The van der Waals surface area contributed by atoms with Crippen molar-refractivity contribution in [3.8, 4) is 0 Å². The first-order valence-electron chi connectivity index (χ1n) is 7.48. The lowest BCUT2D eigenvalue weighted by molar-refractivity contribution is -0.0565. The van der Waals surface area contributed by atoms with Gasteiger partial charge in [0, 0.05) is 0 Å². The molecule has 0 N–H and O–H groups in total. The quantitative estimate of drug-likeness (QED) is 0.556. The zero-order valence-electron chi connectivity index (χ0n) is 11.8. The minimum atomic E-state index is 0.625. The van der Waals surface area contributed by atoms with E-state index in [-0.39, 0.29) is 0 Å². The van der Waals surface area contributed by atoms with Crippen LogP contribution in [-0.4, -0.2) is 0 Å². The van der Waals surface area contributed by atoms with Gasteiger partial charge in [-0.1, -0.05) is 59.8 Å². The van der Waals surface area contributed by atoms with Crippen LogP contribution in [0.1, 0.15) is 79.1 Å². The van der Waals surface area contributed by atoms with Gasteiger partial charge in [-0.05, 0) is 41.9 Å². The highest BCUT2D eigenvalue weighted by Crippen LogP contribution is 2.59. The van der Waals surface area contributed by atoms with Crippen LogP contribution >= 0.6 is 0 Å². The molecule has 94 valence electrons. The normalized spacial score (nSPS) is 50.2. The Labute approximate surface area is 102 Å². The van der Waals surface area contributed by atoms with E-state index in [4.69, 9.17) is 0 Å². The first kappa shape index (κ1) is 12.5. The molecule has 4 atom stereocenters. The monoisotopic (exact) mass is 222 g/mol. The Morgan fingerprint density at radius 3 is 2.25 bits per heavy atom. The molecular weight excluding hydrogens is 192 g/mol. The predicted octanol–water partition coefficient (Wildman–Crippen LogP) is 5.42. The maximum atomic E-state index is 2.61. The van der Waals surface area contributed by atoms with Crippen LogP contribution in [0.2, 0.25) is 0 Å². The van der Waals surface area contributed by atoms with E-state index < -0.39 is 0 Å². The first-order valence-corrected chi connectivity index (χ1v) is 7.48. The largest absolute Gasteiger partial charge is 0.0625 e. The molecule has 0 spiro atoms. The number of rotatable bonds is 1. The Kier molecular flexibility index (Phi) is 3.39. The molecule has 0 heteroatoms. The van der Waals surface area contributed by atoms with E-state index in [0.717, 1.165) is 11.8 Å². The average Bonchev–Trinajstić information content (AvgIpc) is 2.22. The smallest absolute Gasteiger partial charge is 0.0246 e. The van der Waals surface area contributed by atoms with Gasteiger partial charge in [-0.3, -0.25) is 0 Å². The predicted molar refractivity (Wildman–Crippen MR) is 71.5 cm³/mol. The summed E-state index contributed by atoms with van der Waals surface area (Å²) >= 11 is 0. The van der Waals surface area contributed by atoms with Gasteiger partial charge >= 0.3 is 0 Å². The summed E-state index contributed by atoms with van der Waals surface area (Å²) in [7, 11) is 0. The Bertz CT molecular complexity index is 244. The second kappa shape index (κ2) is 4.35. The van der Waals surface area contributed by atoms with Gasteiger partial charge in [-0.2, -0.15) is 0 Å².